The van der Waals surface area contributed by atoms with Gasteiger partial charge in [-0.3, -0.25) is 0 Å². The molecule has 5 nitrogen and oxygen atoms in total. The fraction of sp³-hybridized carbons (Fsp3) is 0.846. The van der Waals surface area contributed by atoms with Crippen molar-refractivity contribution in [1.29, 1.82) is 0 Å². The van der Waals surface area contributed by atoms with Gasteiger partial charge in [0.1, 0.15) is 16.8 Å². The smallest absolute Gasteiger partial charge is 0.237 e. The number of nitrogens with one attached hydrogen (secondary N) is 1. The Labute approximate surface area is 128 Å². The number of aromatic nitrogens is 2. The second kappa shape index (κ2) is 8.17. The van der Waals surface area contributed by atoms with Crippen LogP contribution in [0.5, 0.6) is 0 Å². The molecule has 0 unspecified atom stereocenters. The normalized spacial score (nSPS) is 19.1. The molecule has 2 heterocycles. The van der Waals surface area contributed by atoms with Gasteiger partial charge in [0, 0.05) is 24.5 Å². The molecule has 0 aliphatic carbocycles. The molecule has 0 amide bonds. The molecule has 2 atom stereocenters. The Hall–Kier alpha value is -0.370. The van der Waals surface area contributed by atoms with E-state index in [1.165, 1.54) is 30.8 Å². The van der Waals surface area contributed by atoms with Crippen molar-refractivity contribution >= 4 is 28.8 Å². The van der Waals surface area contributed by atoms with E-state index in [0.29, 0.717) is 5.75 Å². The van der Waals surface area contributed by atoms with Crippen LogP contribution in [0.4, 0.5) is 5.95 Å². The van der Waals surface area contributed by atoms with Gasteiger partial charge >= 0.3 is 0 Å². The molecule has 1 aromatic rings. The summed E-state index contributed by atoms with van der Waals surface area (Å²) in [7, 11) is 0. The molecule has 0 spiro atoms. The number of rotatable bonds is 7. The maximum atomic E-state index is 11.8. The minimum atomic E-state index is -0.971. The highest BCUT2D eigenvalue weighted by atomic mass is 32.2. The predicted molar refractivity (Wildman–Crippen MR) is 85.4 cm³/mol. The maximum absolute atomic E-state index is 11.8. The molecule has 0 bridgehead atoms. The fourth-order valence-corrected chi connectivity index (χ4v) is 4.13. The predicted octanol–water partition coefficient (Wildman–Crippen LogP) is 2.64. The van der Waals surface area contributed by atoms with E-state index in [-0.39, 0.29) is 6.04 Å². The summed E-state index contributed by atoms with van der Waals surface area (Å²) >= 11 is 0.447. The van der Waals surface area contributed by atoms with Gasteiger partial charge in [-0.1, -0.05) is 13.3 Å². The standard InChI is InChI=1S/C13H24N4OS2/c1-3-4-10-20(18)16-11(2)12-14-13(15-19-12)17-8-6-5-7-9-17/h11,16H,3-10H2,1-2H3/t11-,20+/m0/s1. The Bertz CT molecular complexity index is 395. The van der Waals surface area contributed by atoms with Crippen LogP contribution in [-0.2, 0) is 11.4 Å². The average molecular weight is 316 g/mol. The third-order valence-corrected chi connectivity index (χ3v) is 5.59. The summed E-state index contributed by atoms with van der Waals surface area (Å²) in [6.07, 6.45) is 5.82. The van der Waals surface area contributed by atoms with E-state index in [9.17, 15) is 4.55 Å². The third-order valence-electron chi connectivity index (χ3n) is 3.43. The van der Waals surface area contributed by atoms with Crippen LogP contribution in [-0.4, -0.2) is 32.8 Å². The van der Waals surface area contributed by atoms with Crippen LogP contribution in [0.1, 0.15) is 57.0 Å². The van der Waals surface area contributed by atoms with Gasteiger partial charge in [-0.15, -0.1) is 4.72 Å². The minimum Gasteiger partial charge on any atom is -0.598 e. The van der Waals surface area contributed by atoms with Gasteiger partial charge in [0.25, 0.3) is 0 Å². The third kappa shape index (κ3) is 4.58. The molecular weight excluding hydrogens is 292 g/mol. The largest absolute Gasteiger partial charge is 0.598 e. The van der Waals surface area contributed by atoms with E-state index >= 15 is 0 Å². The van der Waals surface area contributed by atoms with E-state index in [1.54, 1.807) is 0 Å². The van der Waals surface area contributed by atoms with Crippen molar-refractivity contribution in [2.75, 3.05) is 23.7 Å². The topological polar surface area (TPSA) is 64.1 Å². The number of nitrogens with zero attached hydrogens (tertiary/aromatic N) is 3. The zero-order valence-electron chi connectivity index (χ0n) is 12.3. The summed E-state index contributed by atoms with van der Waals surface area (Å²) in [4.78, 5) is 6.86. The van der Waals surface area contributed by atoms with Gasteiger partial charge in [-0.25, -0.2) is 4.98 Å². The van der Waals surface area contributed by atoms with E-state index in [0.717, 1.165) is 36.9 Å². The van der Waals surface area contributed by atoms with Crippen LogP contribution in [0.2, 0.25) is 0 Å². The zero-order chi connectivity index (χ0) is 14.4. The Morgan fingerprint density at radius 1 is 1.40 bits per heavy atom. The summed E-state index contributed by atoms with van der Waals surface area (Å²) < 4.78 is 19.4. The van der Waals surface area contributed by atoms with E-state index in [1.807, 2.05) is 6.92 Å². The minimum absolute atomic E-state index is 0.00345. The monoisotopic (exact) mass is 316 g/mol. The summed E-state index contributed by atoms with van der Waals surface area (Å²) in [6, 6.07) is 0.00345. The Kier molecular flexibility index (Phi) is 6.54. The molecule has 7 heteroatoms. The van der Waals surface area contributed by atoms with Crippen molar-refractivity contribution in [2.45, 2.75) is 52.0 Å². The SMILES string of the molecule is CCCC[S@@+]([O-])N[C@@H](C)c1nc(N2CCCCC2)ns1. The number of hydrogen-bond donors (Lipinski definition) is 1. The molecule has 2 rings (SSSR count). The quantitative estimate of drug-likeness (QED) is 0.784. The number of unbranched alkanes of at least 4 members (excludes halogenated alkanes) is 1. The highest BCUT2D eigenvalue weighted by Gasteiger charge is 2.20. The molecule has 1 saturated heterocycles. The zero-order valence-corrected chi connectivity index (χ0v) is 13.9. The molecule has 0 radical (unpaired) electrons. The highest BCUT2D eigenvalue weighted by Crippen LogP contribution is 2.22. The molecule has 1 aliphatic rings. The van der Waals surface area contributed by atoms with Crippen molar-refractivity contribution in [1.82, 2.24) is 14.1 Å². The van der Waals surface area contributed by atoms with E-state index in [4.69, 9.17) is 0 Å². The van der Waals surface area contributed by atoms with Gasteiger partial charge in [-0.2, -0.15) is 4.37 Å². The van der Waals surface area contributed by atoms with Crippen molar-refractivity contribution in [3.8, 4) is 0 Å². The summed E-state index contributed by atoms with van der Waals surface area (Å²) in [5, 5.41) is 0.926. The Morgan fingerprint density at radius 3 is 2.85 bits per heavy atom. The average Bonchev–Trinajstić information content (AvgIpc) is 2.96. The lowest BCUT2D eigenvalue weighted by atomic mass is 10.1. The van der Waals surface area contributed by atoms with E-state index in [2.05, 4.69) is 25.9 Å². The van der Waals surface area contributed by atoms with Crippen LogP contribution < -0.4 is 9.62 Å². The van der Waals surface area contributed by atoms with Gasteiger partial charge in [0.2, 0.25) is 5.95 Å². The van der Waals surface area contributed by atoms with Crippen LogP contribution in [0.3, 0.4) is 0 Å². The Balaban J connectivity index is 1.87. The van der Waals surface area contributed by atoms with Gasteiger partial charge in [0.15, 0.2) is 0 Å². The molecular formula is C13H24N4OS2. The number of anilines is 1. The van der Waals surface area contributed by atoms with E-state index < -0.39 is 11.4 Å². The molecule has 0 saturated carbocycles. The molecule has 1 N–H and O–H groups in total. The van der Waals surface area contributed by atoms with Crippen LogP contribution in [0.25, 0.3) is 0 Å². The van der Waals surface area contributed by atoms with Crippen molar-refractivity contribution in [2.24, 2.45) is 0 Å². The van der Waals surface area contributed by atoms with Crippen molar-refractivity contribution in [3.63, 3.8) is 0 Å². The van der Waals surface area contributed by atoms with Crippen molar-refractivity contribution < 1.29 is 4.55 Å². The number of hydrogen-bond acceptors (Lipinski definition) is 6. The van der Waals surface area contributed by atoms with Gasteiger partial charge < -0.3 is 9.45 Å². The first-order valence-electron chi connectivity index (χ1n) is 7.43. The first kappa shape index (κ1) is 16.0. The Morgan fingerprint density at radius 2 is 2.15 bits per heavy atom. The second-order valence-corrected chi connectivity index (χ2v) is 7.34. The van der Waals surface area contributed by atoms with Crippen LogP contribution in [0, 0.1) is 0 Å². The molecule has 20 heavy (non-hydrogen) atoms. The highest BCUT2D eigenvalue weighted by molar-refractivity contribution is 7.89. The molecule has 114 valence electrons. The summed E-state index contributed by atoms with van der Waals surface area (Å²) in [5.41, 5.74) is 0. The molecule has 1 fully saturated rings. The van der Waals surface area contributed by atoms with Crippen molar-refractivity contribution in [3.05, 3.63) is 5.01 Å². The lowest BCUT2D eigenvalue weighted by Gasteiger charge is -2.25. The molecule has 0 aromatic carbocycles. The molecule has 1 aromatic heterocycles. The first-order chi connectivity index (χ1) is 9.70. The van der Waals surface area contributed by atoms with Crippen LogP contribution in [0.15, 0.2) is 0 Å². The van der Waals surface area contributed by atoms with Crippen LogP contribution >= 0.6 is 11.5 Å². The summed E-state index contributed by atoms with van der Waals surface area (Å²) in [6.45, 7) is 6.22. The summed E-state index contributed by atoms with van der Waals surface area (Å²) in [5.74, 6) is 1.55. The first-order valence-corrected chi connectivity index (χ1v) is 9.53. The second-order valence-electron chi connectivity index (χ2n) is 5.22. The molecule has 1 aliphatic heterocycles. The fourth-order valence-electron chi connectivity index (χ4n) is 2.21. The lowest BCUT2D eigenvalue weighted by Crippen LogP contribution is -2.31. The lowest BCUT2D eigenvalue weighted by molar-refractivity contribution is 0.559. The maximum Gasteiger partial charge on any atom is 0.237 e. The van der Waals surface area contributed by atoms with Gasteiger partial charge in [0.05, 0.1) is 0 Å². The van der Waals surface area contributed by atoms with Gasteiger partial charge in [-0.05, 0) is 44.1 Å². The number of piperidine rings is 1.